The highest BCUT2D eigenvalue weighted by molar-refractivity contribution is 5.85. The van der Waals surface area contributed by atoms with Crippen LogP contribution in [0.3, 0.4) is 0 Å². The van der Waals surface area contributed by atoms with Crippen molar-refractivity contribution in [3.8, 4) is 16.9 Å². The summed E-state index contributed by atoms with van der Waals surface area (Å²) in [6.07, 6.45) is 2.80. The first-order chi connectivity index (χ1) is 13.1. The number of fused-ring (bicyclic) bond motifs is 1. The Kier molecular flexibility index (Phi) is 4.32. The first-order valence-corrected chi connectivity index (χ1v) is 8.50. The second kappa shape index (κ2) is 6.79. The number of carbonyl (C=O) groups is 1. The molecular formula is C21H16F2N2O2. The van der Waals surface area contributed by atoms with Gasteiger partial charge in [0, 0.05) is 18.2 Å². The third-order valence-corrected chi connectivity index (χ3v) is 4.63. The number of aromatic nitrogens is 1. The number of ether oxygens (including phenoxy) is 1. The number of pyridine rings is 1. The number of hydrogen-bond donors (Lipinski definition) is 0. The summed E-state index contributed by atoms with van der Waals surface area (Å²) in [5.74, 6) is -0.618. The lowest BCUT2D eigenvalue weighted by Crippen LogP contribution is -2.18. The molecule has 1 aliphatic rings. The molecule has 0 spiro atoms. The molecule has 0 unspecified atom stereocenters. The molecule has 136 valence electrons. The highest BCUT2D eigenvalue weighted by Crippen LogP contribution is 2.34. The number of anilines is 2. The van der Waals surface area contributed by atoms with Gasteiger partial charge in [0.25, 0.3) is 0 Å². The van der Waals surface area contributed by atoms with Crippen molar-refractivity contribution in [2.45, 2.75) is 13.3 Å². The lowest BCUT2D eigenvalue weighted by atomic mass is 9.98. The maximum absolute atomic E-state index is 14.0. The summed E-state index contributed by atoms with van der Waals surface area (Å²) in [5, 5.41) is 0. The summed E-state index contributed by atoms with van der Waals surface area (Å²) in [7, 11) is 0. The van der Waals surface area contributed by atoms with Gasteiger partial charge in [-0.3, -0.25) is 9.69 Å². The summed E-state index contributed by atoms with van der Waals surface area (Å²) in [6, 6.07) is 10.9. The number of aryl methyl sites for hydroxylation is 1. The van der Waals surface area contributed by atoms with Gasteiger partial charge in [-0.05, 0) is 60.0 Å². The van der Waals surface area contributed by atoms with E-state index in [9.17, 15) is 13.6 Å². The third kappa shape index (κ3) is 3.03. The van der Waals surface area contributed by atoms with Crippen LogP contribution in [0.2, 0.25) is 0 Å². The molecule has 0 atom stereocenters. The Hall–Kier alpha value is -3.28. The average Bonchev–Trinajstić information content (AvgIpc) is 3.12. The fourth-order valence-electron chi connectivity index (χ4n) is 3.27. The van der Waals surface area contributed by atoms with Gasteiger partial charge in [0.2, 0.25) is 6.41 Å². The van der Waals surface area contributed by atoms with E-state index in [4.69, 9.17) is 4.74 Å². The predicted molar refractivity (Wildman–Crippen MR) is 98.2 cm³/mol. The van der Waals surface area contributed by atoms with E-state index in [2.05, 4.69) is 11.1 Å². The third-order valence-electron chi connectivity index (χ3n) is 4.63. The summed E-state index contributed by atoms with van der Waals surface area (Å²) in [4.78, 5) is 16.6. The molecule has 27 heavy (non-hydrogen) atoms. The normalized spacial score (nSPS) is 12.4. The Morgan fingerprint density at radius 1 is 1.15 bits per heavy atom. The van der Waals surface area contributed by atoms with Gasteiger partial charge in [-0.15, -0.1) is 0 Å². The van der Waals surface area contributed by atoms with E-state index in [-0.39, 0.29) is 5.82 Å². The highest BCUT2D eigenvalue weighted by atomic mass is 19.1. The van der Waals surface area contributed by atoms with Gasteiger partial charge in [-0.25, -0.2) is 13.8 Å². The quantitative estimate of drug-likeness (QED) is 0.636. The fourth-order valence-corrected chi connectivity index (χ4v) is 3.27. The molecule has 1 amide bonds. The Balaban J connectivity index is 1.71. The Morgan fingerprint density at radius 3 is 2.59 bits per heavy atom. The van der Waals surface area contributed by atoms with Gasteiger partial charge in [0.1, 0.15) is 28.9 Å². The molecule has 4 rings (SSSR count). The number of carbonyl (C=O) groups excluding carboxylic acids is 1. The van der Waals surface area contributed by atoms with E-state index in [0.29, 0.717) is 13.0 Å². The van der Waals surface area contributed by atoms with Crippen molar-refractivity contribution in [3.63, 3.8) is 0 Å². The number of benzene rings is 2. The molecule has 4 nitrogen and oxygen atoms in total. The van der Waals surface area contributed by atoms with Crippen LogP contribution < -0.4 is 9.64 Å². The van der Waals surface area contributed by atoms with Crippen molar-refractivity contribution in [1.29, 1.82) is 0 Å². The molecule has 0 aliphatic carbocycles. The smallest absolute Gasteiger partial charge is 0.220 e. The summed E-state index contributed by atoms with van der Waals surface area (Å²) < 4.78 is 33.6. The highest BCUT2D eigenvalue weighted by Gasteiger charge is 2.20. The molecule has 0 saturated carbocycles. The first-order valence-electron chi connectivity index (χ1n) is 8.50. The second-order valence-corrected chi connectivity index (χ2v) is 6.32. The second-order valence-electron chi connectivity index (χ2n) is 6.32. The first kappa shape index (κ1) is 17.1. The minimum absolute atomic E-state index is 0.139. The van der Waals surface area contributed by atoms with Crippen molar-refractivity contribution in [3.05, 3.63) is 71.4 Å². The molecule has 0 N–H and O–H groups in total. The maximum atomic E-state index is 14.0. The monoisotopic (exact) mass is 366 g/mol. The molecular weight excluding hydrogens is 350 g/mol. The predicted octanol–water partition coefficient (Wildman–Crippen LogP) is 4.56. The molecule has 2 heterocycles. The molecule has 1 aromatic heterocycles. The van der Waals surface area contributed by atoms with Crippen LogP contribution in [0.5, 0.6) is 5.75 Å². The van der Waals surface area contributed by atoms with Crippen LogP contribution in [0.1, 0.15) is 11.1 Å². The van der Waals surface area contributed by atoms with Gasteiger partial charge in [0.15, 0.2) is 0 Å². The van der Waals surface area contributed by atoms with Crippen molar-refractivity contribution in [2.24, 2.45) is 0 Å². The van der Waals surface area contributed by atoms with Crippen molar-refractivity contribution < 1.29 is 18.3 Å². The molecule has 0 bridgehead atoms. The van der Waals surface area contributed by atoms with E-state index >= 15 is 0 Å². The van der Waals surface area contributed by atoms with Crippen LogP contribution in [0, 0.1) is 18.6 Å². The number of hydrogen-bond acceptors (Lipinski definition) is 3. The van der Waals surface area contributed by atoms with E-state index in [1.807, 2.05) is 13.0 Å². The van der Waals surface area contributed by atoms with Crippen molar-refractivity contribution in [1.82, 2.24) is 4.98 Å². The molecule has 0 radical (unpaired) electrons. The average molecular weight is 366 g/mol. The topological polar surface area (TPSA) is 42.4 Å². The zero-order chi connectivity index (χ0) is 19.0. The number of rotatable bonds is 4. The van der Waals surface area contributed by atoms with Crippen molar-refractivity contribution >= 4 is 17.9 Å². The summed E-state index contributed by atoms with van der Waals surface area (Å²) in [5.41, 5.74) is 3.60. The molecule has 3 aromatic rings. The van der Waals surface area contributed by atoms with Gasteiger partial charge < -0.3 is 4.74 Å². The Morgan fingerprint density at radius 2 is 1.93 bits per heavy atom. The van der Waals surface area contributed by atoms with Crippen LogP contribution in [-0.4, -0.2) is 18.0 Å². The molecule has 0 fully saturated rings. The van der Waals surface area contributed by atoms with Gasteiger partial charge in [-0.1, -0.05) is 6.07 Å². The van der Waals surface area contributed by atoms with Crippen molar-refractivity contribution in [2.75, 3.05) is 11.5 Å². The fraction of sp³-hybridized carbons (Fsp3) is 0.143. The molecule has 2 aromatic carbocycles. The van der Waals surface area contributed by atoms with Crippen LogP contribution in [0.25, 0.3) is 11.1 Å². The number of halogens is 2. The molecule has 6 heteroatoms. The van der Waals surface area contributed by atoms with Gasteiger partial charge >= 0.3 is 0 Å². The lowest BCUT2D eigenvalue weighted by Gasteiger charge is -2.18. The lowest BCUT2D eigenvalue weighted by molar-refractivity contribution is -0.106. The van der Waals surface area contributed by atoms with E-state index in [1.165, 1.54) is 6.07 Å². The van der Waals surface area contributed by atoms with Gasteiger partial charge in [0.05, 0.1) is 6.61 Å². The van der Waals surface area contributed by atoms with E-state index in [0.717, 1.165) is 51.5 Å². The number of nitrogens with zero attached hydrogens (tertiary/aromatic N) is 2. The zero-order valence-electron chi connectivity index (χ0n) is 14.6. The van der Waals surface area contributed by atoms with Crippen LogP contribution in [0.15, 0.2) is 48.7 Å². The maximum Gasteiger partial charge on any atom is 0.220 e. The minimum Gasteiger partial charge on any atom is -0.493 e. The van der Waals surface area contributed by atoms with Crippen LogP contribution >= 0.6 is 0 Å². The Bertz CT molecular complexity index is 999. The zero-order valence-corrected chi connectivity index (χ0v) is 14.6. The molecule has 0 saturated heterocycles. The number of para-hydroxylation sites is 1. The number of amides is 1. The molecule has 1 aliphatic heterocycles. The SMILES string of the molecule is Cc1cc2c(cc1-c1ccc(N(C=O)c3c(F)cccc3F)nc1)CCO2. The van der Waals surface area contributed by atoms with Crippen LogP contribution in [-0.2, 0) is 11.2 Å². The summed E-state index contributed by atoms with van der Waals surface area (Å²) in [6.45, 7) is 2.66. The largest absolute Gasteiger partial charge is 0.493 e. The van der Waals surface area contributed by atoms with Gasteiger partial charge in [-0.2, -0.15) is 0 Å². The van der Waals surface area contributed by atoms with E-state index < -0.39 is 17.3 Å². The minimum atomic E-state index is -0.831. The standard InChI is InChI=1S/C21H16F2N2O2/c1-13-9-19-14(7-8-27-19)10-16(13)15-5-6-20(24-11-15)25(12-26)21-17(22)3-2-4-18(21)23/h2-6,9-12H,7-8H2,1H3. The van der Waals surface area contributed by atoms with Crippen LogP contribution in [0.4, 0.5) is 20.3 Å². The Labute approximate surface area is 155 Å². The summed E-state index contributed by atoms with van der Waals surface area (Å²) >= 11 is 0. The van der Waals surface area contributed by atoms with E-state index in [1.54, 1.807) is 18.3 Å².